The Morgan fingerprint density at radius 2 is 2.00 bits per heavy atom. The van der Waals surface area contributed by atoms with Gasteiger partial charge in [-0.15, -0.1) is 0 Å². The van der Waals surface area contributed by atoms with E-state index in [0.717, 1.165) is 29.4 Å². The highest BCUT2D eigenvalue weighted by molar-refractivity contribution is 5.80. The first-order valence-corrected chi connectivity index (χ1v) is 9.19. The molecule has 0 aliphatic heterocycles. The van der Waals surface area contributed by atoms with Crippen molar-refractivity contribution in [3.63, 3.8) is 0 Å². The number of benzene rings is 2. The zero-order valence-corrected chi connectivity index (χ0v) is 14.7. The SMILES string of the molecule is CNC(CCc1cccc2c1CCC2)C(O)c1cccc2ccoc12. The lowest BCUT2D eigenvalue weighted by Crippen LogP contribution is -2.32. The molecule has 1 aliphatic carbocycles. The molecule has 0 radical (unpaired) electrons. The Balaban J connectivity index is 1.53. The topological polar surface area (TPSA) is 45.4 Å². The molecule has 0 saturated heterocycles. The van der Waals surface area contributed by atoms with Crippen LogP contribution >= 0.6 is 0 Å². The summed E-state index contributed by atoms with van der Waals surface area (Å²) >= 11 is 0. The van der Waals surface area contributed by atoms with Crippen LogP contribution < -0.4 is 5.32 Å². The van der Waals surface area contributed by atoms with Gasteiger partial charge in [0.1, 0.15) is 5.58 Å². The Morgan fingerprint density at radius 3 is 2.88 bits per heavy atom. The molecule has 1 aromatic heterocycles. The maximum atomic E-state index is 10.9. The number of nitrogens with one attached hydrogen (secondary N) is 1. The number of aliphatic hydroxyl groups excluding tert-OH is 1. The fraction of sp³-hybridized carbons (Fsp3) is 0.364. The molecule has 0 fully saturated rings. The summed E-state index contributed by atoms with van der Waals surface area (Å²) in [6.07, 6.45) is 6.65. The van der Waals surface area contributed by atoms with Gasteiger partial charge < -0.3 is 14.8 Å². The van der Waals surface area contributed by atoms with Crippen molar-refractivity contribution in [2.24, 2.45) is 0 Å². The second-order valence-electron chi connectivity index (χ2n) is 6.97. The maximum absolute atomic E-state index is 10.9. The molecule has 4 rings (SSSR count). The summed E-state index contributed by atoms with van der Waals surface area (Å²) in [7, 11) is 1.92. The van der Waals surface area contributed by atoms with Gasteiger partial charge in [0.25, 0.3) is 0 Å². The van der Waals surface area contributed by atoms with Crippen LogP contribution in [0.4, 0.5) is 0 Å². The van der Waals surface area contributed by atoms with Crippen molar-refractivity contribution in [3.8, 4) is 0 Å². The molecule has 1 aliphatic rings. The highest BCUT2D eigenvalue weighted by Gasteiger charge is 2.23. The van der Waals surface area contributed by atoms with Crippen molar-refractivity contribution in [2.45, 2.75) is 44.2 Å². The number of aryl methyl sites for hydroxylation is 2. The van der Waals surface area contributed by atoms with Crippen LogP contribution in [0.3, 0.4) is 0 Å². The summed E-state index contributed by atoms with van der Waals surface area (Å²) in [5.41, 5.74) is 6.15. The summed E-state index contributed by atoms with van der Waals surface area (Å²) < 4.78 is 5.60. The van der Waals surface area contributed by atoms with Crippen molar-refractivity contribution in [2.75, 3.05) is 7.05 Å². The van der Waals surface area contributed by atoms with Crippen LogP contribution in [0.1, 0.15) is 41.2 Å². The van der Waals surface area contributed by atoms with E-state index in [4.69, 9.17) is 4.42 Å². The molecule has 3 heteroatoms. The Morgan fingerprint density at radius 1 is 1.12 bits per heavy atom. The lowest BCUT2D eigenvalue weighted by Gasteiger charge is -2.23. The van der Waals surface area contributed by atoms with Gasteiger partial charge >= 0.3 is 0 Å². The minimum absolute atomic E-state index is 0.00652. The Kier molecular flexibility index (Phi) is 4.60. The third-order valence-corrected chi connectivity index (χ3v) is 5.55. The fourth-order valence-corrected chi connectivity index (χ4v) is 4.17. The van der Waals surface area contributed by atoms with E-state index in [1.807, 2.05) is 31.3 Å². The predicted octanol–water partition coefficient (Wildman–Crippen LogP) is 4.18. The Hall–Kier alpha value is -2.10. The van der Waals surface area contributed by atoms with Gasteiger partial charge in [0.05, 0.1) is 12.4 Å². The van der Waals surface area contributed by atoms with E-state index in [1.54, 1.807) is 11.8 Å². The van der Waals surface area contributed by atoms with Crippen molar-refractivity contribution in [1.82, 2.24) is 5.32 Å². The molecule has 2 unspecified atom stereocenters. The molecule has 0 bridgehead atoms. The van der Waals surface area contributed by atoms with E-state index in [9.17, 15) is 5.11 Å². The third-order valence-electron chi connectivity index (χ3n) is 5.55. The minimum atomic E-state index is -0.586. The second kappa shape index (κ2) is 7.03. The first kappa shape index (κ1) is 16.4. The highest BCUT2D eigenvalue weighted by atomic mass is 16.3. The lowest BCUT2D eigenvalue weighted by molar-refractivity contribution is 0.128. The predicted molar refractivity (Wildman–Crippen MR) is 101 cm³/mol. The van der Waals surface area contributed by atoms with Gasteiger partial charge in [0, 0.05) is 17.0 Å². The zero-order chi connectivity index (χ0) is 17.2. The lowest BCUT2D eigenvalue weighted by atomic mass is 9.93. The van der Waals surface area contributed by atoms with Crippen molar-refractivity contribution < 1.29 is 9.52 Å². The van der Waals surface area contributed by atoms with Crippen molar-refractivity contribution in [3.05, 3.63) is 71.0 Å². The van der Waals surface area contributed by atoms with Crippen LogP contribution in [0.5, 0.6) is 0 Å². The maximum Gasteiger partial charge on any atom is 0.139 e. The van der Waals surface area contributed by atoms with E-state index < -0.39 is 6.10 Å². The van der Waals surface area contributed by atoms with E-state index in [1.165, 1.54) is 30.4 Å². The highest BCUT2D eigenvalue weighted by Crippen LogP contribution is 2.30. The average molecular weight is 335 g/mol. The number of furan rings is 1. The largest absolute Gasteiger partial charge is 0.464 e. The van der Waals surface area contributed by atoms with Gasteiger partial charge in [0.2, 0.25) is 0 Å². The van der Waals surface area contributed by atoms with E-state index in [2.05, 4.69) is 23.5 Å². The van der Waals surface area contributed by atoms with Crippen LogP contribution in [0.15, 0.2) is 53.1 Å². The quantitative estimate of drug-likeness (QED) is 0.710. The molecule has 3 nitrogen and oxygen atoms in total. The first-order valence-electron chi connectivity index (χ1n) is 9.19. The van der Waals surface area contributed by atoms with Gasteiger partial charge in [-0.1, -0.05) is 36.4 Å². The normalized spacial score (nSPS) is 16.1. The standard InChI is InChI=1S/C22H25NO2/c1-23-20(12-11-16-6-2-5-15-7-3-9-18(15)16)21(24)19-10-4-8-17-13-14-25-22(17)19/h2,4-6,8,10,13-14,20-21,23-24H,3,7,9,11-12H2,1H3. The smallest absolute Gasteiger partial charge is 0.139 e. The number of para-hydroxylation sites is 1. The second-order valence-corrected chi connectivity index (χ2v) is 6.97. The molecule has 130 valence electrons. The molecule has 0 spiro atoms. The molecule has 2 N–H and O–H groups in total. The first-order chi connectivity index (χ1) is 12.3. The number of aliphatic hydroxyl groups is 1. The van der Waals surface area contributed by atoms with Gasteiger partial charge in [-0.2, -0.15) is 0 Å². The Labute approximate surface area is 148 Å². The molecule has 3 aromatic rings. The number of likely N-dealkylation sites (N-methyl/N-ethyl adjacent to an activating group) is 1. The molecule has 2 aromatic carbocycles. The van der Waals surface area contributed by atoms with Crippen LogP contribution in [0.25, 0.3) is 11.0 Å². The van der Waals surface area contributed by atoms with Gasteiger partial charge in [-0.3, -0.25) is 0 Å². The summed E-state index contributed by atoms with van der Waals surface area (Å²) in [5, 5.41) is 15.3. The third kappa shape index (κ3) is 3.10. The molecule has 0 amide bonds. The van der Waals surface area contributed by atoms with E-state index >= 15 is 0 Å². The monoisotopic (exact) mass is 335 g/mol. The van der Waals surface area contributed by atoms with Crippen LogP contribution in [-0.4, -0.2) is 18.2 Å². The summed E-state index contributed by atoms with van der Waals surface area (Å²) in [4.78, 5) is 0. The molecule has 25 heavy (non-hydrogen) atoms. The molecular formula is C22H25NO2. The molecular weight excluding hydrogens is 310 g/mol. The Bertz CT molecular complexity index is 867. The van der Waals surface area contributed by atoms with Crippen molar-refractivity contribution >= 4 is 11.0 Å². The fourth-order valence-electron chi connectivity index (χ4n) is 4.17. The minimum Gasteiger partial charge on any atom is -0.464 e. The zero-order valence-electron chi connectivity index (χ0n) is 14.7. The van der Waals surface area contributed by atoms with E-state index in [-0.39, 0.29) is 6.04 Å². The number of hydrogen-bond acceptors (Lipinski definition) is 3. The summed E-state index contributed by atoms with van der Waals surface area (Å²) in [6.45, 7) is 0. The molecule has 1 heterocycles. The van der Waals surface area contributed by atoms with Gasteiger partial charge in [0.15, 0.2) is 0 Å². The van der Waals surface area contributed by atoms with Gasteiger partial charge in [-0.05, 0) is 61.9 Å². The average Bonchev–Trinajstić information content (AvgIpc) is 3.30. The van der Waals surface area contributed by atoms with Crippen LogP contribution in [0.2, 0.25) is 0 Å². The van der Waals surface area contributed by atoms with Gasteiger partial charge in [-0.25, -0.2) is 0 Å². The number of fused-ring (bicyclic) bond motifs is 2. The summed E-state index contributed by atoms with van der Waals surface area (Å²) in [6, 6.07) is 14.6. The molecule has 2 atom stereocenters. The van der Waals surface area contributed by atoms with Crippen LogP contribution in [0, 0.1) is 0 Å². The summed E-state index contributed by atoms with van der Waals surface area (Å²) in [5.74, 6) is 0. The van der Waals surface area contributed by atoms with Crippen molar-refractivity contribution in [1.29, 1.82) is 0 Å². The van der Waals surface area contributed by atoms with Crippen LogP contribution in [-0.2, 0) is 19.3 Å². The number of hydrogen-bond donors (Lipinski definition) is 2. The number of rotatable bonds is 6. The molecule has 0 saturated carbocycles. The van der Waals surface area contributed by atoms with E-state index in [0.29, 0.717) is 0 Å².